The number of carbonyl (C=O) groups is 1. The quantitative estimate of drug-likeness (QED) is 0.684. The fourth-order valence-electron chi connectivity index (χ4n) is 3.49. The highest BCUT2D eigenvalue weighted by molar-refractivity contribution is 7.89. The summed E-state index contributed by atoms with van der Waals surface area (Å²) in [5, 5.41) is 11.4. The molecule has 1 amide bonds. The van der Waals surface area contributed by atoms with Crippen LogP contribution >= 0.6 is 0 Å². The van der Waals surface area contributed by atoms with E-state index < -0.39 is 15.4 Å². The maximum atomic E-state index is 12.6. The molecule has 2 aromatic carbocycles. The highest BCUT2D eigenvalue weighted by Crippen LogP contribution is 2.48. The molecule has 0 fully saturated rings. The van der Waals surface area contributed by atoms with Crippen molar-refractivity contribution in [3.63, 3.8) is 0 Å². The lowest BCUT2D eigenvalue weighted by Crippen LogP contribution is -2.22. The van der Waals surface area contributed by atoms with Gasteiger partial charge in [0, 0.05) is 28.1 Å². The Bertz CT molecular complexity index is 1070. The first-order valence-corrected chi connectivity index (χ1v) is 9.34. The molecule has 2 heterocycles. The van der Waals surface area contributed by atoms with Crippen molar-refractivity contribution in [1.29, 1.82) is 0 Å². The maximum absolute atomic E-state index is 12.6. The van der Waals surface area contributed by atoms with E-state index in [0.29, 0.717) is 5.57 Å². The fourth-order valence-corrected chi connectivity index (χ4v) is 4.03. The van der Waals surface area contributed by atoms with Gasteiger partial charge in [-0.25, -0.2) is 13.6 Å². The fraction of sp³-hybridized carbons (Fsp3) is 0.167. The summed E-state index contributed by atoms with van der Waals surface area (Å²) >= 11 is 0. The summed E-state index contributed by atoms with van der Waals surface area (Å²) in [5.74, 6) is -0.170. The minimum absolute atomic E-state index is 0.0589. The summed E-state index contributed by atoms with van der Waals surface area (Å²) in [7, 11) is -3.79. The number of nitrogens with one attached hydrogen (secondary N) is 2. The number of hydrogen-bond acceptors (Lipinski definition) is 4. The van der Waals surface area contributed by atoms with Crippen molar-refractivity contribution in [3.05, 3.63) is 59.3 Å². The van der Waals surface area contributed by atoms with Crippen LogP contribution in [-0.2, 0) is 20.2 Å². The lowest BCUT2D eigenvalue weighted by Gasteiger charge is -2.22. The molecule has 0 saturated heterocycles. The lowest BCUT2D eigenvalue weighted by atomic mass is 9.81. The molecule has 2 aliphatic heterocycles. The second kappa shape index (κ2) is 4.93. The summed E-state index contributed by atoms with van der Waals surface area (Å²) in [6.07, 6.45) is 0. The smallest absolute Gasteiger partial charge is 0.258 e. The normalized spacial score (nSPS) is 20.7. The largest absolute Gasteiger partial charge is 0.357 e. The van der Waals surface area contributed by atoms with E-state index in [1.807, 2.05) is 38.1 Å². The molecule has 128 valence electrons. The highest BCUT2D eigenvalue weighted by Gasteiger charge is 2.41. The van der Waals surface area contributed by atoms with Crippen LogP contribution in [-0.4, -0.2) is 14.3 Å². The third-order valence-corrected chi connectivity index (χ3v) is 5.71. The summed E-state index contributed by atoms with van der Waals surface area (Å²) in [4.78, 5) is 12.6. The average molecular weight is 355 g/mol. The zero-order valence-electron chi connectivity index (χ0n) is 13.8. The van der Waals surface area contributed by atoms with Crippen LogP contribution in [0.3, 0.4) is 0 Å². The number of carbonyl (C=O) groups excluding carboxylic acids is 1. The highest BCUT2D eigenvalue weighted by atomic mass is 32.2. The zero-order chi connectivity index (χ0) is 18.0. The van der Waals surface area contributed by atoms with E-state index >= 15 is 0 Å². The van der Waals surface area contributed by atoms with Crippen molar-refractivity contribution in [2.24, 2.45) is 5.14 Å². The van der Waals surface area contributed by atoms with Crippen molar-refractivity contribution < 1.29 is 13.2 Å². The second-order valence-corrected chi connectivity index (χ2v) is 8.31. The number of rotatable bonds is 1. The van der Waals surface area contributed by atoms with Gasteiger partial charge in [0.2, 0.25) is 10.0 Å². The Labute approximate surface area is 145 Å². The van der Waals surface area contributed by atoms with Gasteiger partial charge in [0.15, 0.2) is 0 Å². The summed E-state index contributed by atoms with van der Waals surface area (Å²) in [5.41, 5.74) is 3.93. The van der Waals surface area contributed by atoms with Gasteiger partial charge < -0.3 is 10.6 Å². The summed E-state index contributed by atoms with van der Waals surface area (Å²) < 4.78 is 23.4. The van der Waals surface area contributed by atoms with Gasteiger partial charge >= 0.3 is 0 Å². The monoisotopic (exact) mass is 355 g/mol. The average Bonchev–Trinajstić information content (AvgIpc) is 2.99. The zero-order valence-corrected chi connectivity index (χ0v) is 14.6. The molecule has 0 bridgehead atoms. The van der Waals surface area contributed by atoms with Crippen LogP contribution < -0.4 is 15.8 Å². The topological polar surface area (TPSA) is 101 Å². The molecule has 0 spiro atoms. The molecule has 4 N–H and O–H groups in total. The van der Waals surface area contributed by atoms with E-state index in [4.69, 9.17) is 5.14 Å². The first-order valence-electron chi connectivity index (χ1n) is 7.79. The molecule has 2 aromatic rings. The Hall–Kier alpha value is -2.64. The number of amides is 1. The standard InChI is InChI=1S/C18H17N3O3S/c1-18(2)12-9-10(25(19,23)24)7-8-14(12)20-16(18)15-11-5-3-4-6-13(11)21-17(15)22/h3-9,20H,1-2H3,(H,21,22)(H2,19,23,24). The molecule has 25 heavy (non-hydrogen) atoms. The van der Waals surface area contributed by atoms with Crippen molar-refractivity contribution in [1.82, 2.24) is 0 Å². The Morgan fingerprint density at radius 1 is 1.00 bits per heavy atom. The first-order chi connectivity index (χ1) is 11.7. The summed E-state index contributed by atoms with van der Waals surface area (Å²) in [6.45, 7) is 3.91. The molecule has 0 aliphatic carbocycles. The molecule has 2 aliphatic rings. The number of sulfonamides is 1. The number of nitrogens with two attached hydrogens (primary N) is 1. The van der Waals surface area contributed by atoms with Crippen LogP contribution in [0, 0.1) is 0 Å². The van der Waals surface area contributed by atoms with Crippen molar-refractivity contribution in [3.8, 4) is 0 Å². The predicted octanol–water partition coefficient (Wildman–Crippen LogP) is 2.40. The van der Waals surface area contributed by atoms with E-state index in [0.717, 1.165) is 28.2 Å². The summed E-state index contributed by atoms with van der Waals surface area (Å²) in [6, 6.07) is 12.2. The Morgan fingerprint density at radius 3 is 2.44 bits per heavy atom. The van der Waals surface area contributed by atoms with Gasteiger partial charge in [-0.15, -0.1) is 0 Å². The minimum atomic E-state index is -3.79. The Morgan fingerprint density at radius 2 is 1.72 bits per heavy atom. The molecule has 0 radical (unpaired) electrons. The van der Waals surface area contributed by atoms with E-state index in [1.165, 1.54) is 6.07 Å². The number of primary sulfonamides is 1. The molecule has 0 unspecified atom stereocenters. The molecule has 0 aromatic heterocycles. The van der Waals surface area contributed by atoms with E-state index in [1.54, 1.807) is 12.1 Å². The third kappa shape index (κ3) is 2.27. The van der Waals surface area contributed by atoms with E-state index in [2.05, 4.69) is 10.6 Å². The minimum Gasteiger partial charge on any atom is -0.357 e. The second-order valence-electron chi connectivity index (χ2n) is 6.75. The third-order valence-electron chi connectivity index (χ3n) is 4.80. The lowest BCUT2D eigenvalue weighted by molar-refractivity contribution is -0.110. The molecule has 7 heteroatoms. The van der Waals surface area contributed by atoms with Crippen molar-refractivity contribution in [2.75, 3.05) is 10.6 Å². The number of fused-ring (bicyclic) bond motifs is 2. The van der Waals surface area contributed by atoms with Crippen LogP contribution in [0.15, 0.2) is 53.1 Å². The van der Waals surface area contributed by atoms with Crippen LogP contribution in [0.5, 0.6) is 0 Å². The maximum Gasteiger partial charge on any atom is 0.258 e. The van der Waals surface area contributed by atoms with Crippen LogP contribution in [0.25, 0.3) is 5.57 Å². The SMILES string of the molecule is CC1(C)C(=C2C(=O)Nc3ccccc32)Nc2ccc(S(N)(=O)=O)cc21. The van der Waals surface area contributed by atoms with Gasteiger partial charge in [-0.3, -0.25) is 4.79 Å². The molecular formula is C18H17N3O3S. The number of anilines is 2. The molecular weight excluding hydrogens is 338 g/mol. The van der Waals surface area contributed by atoms with Crippen LogP contribution in [0.4, 0.5) is 11.4 Å². The molecule has 0 atom stereocenters. The van der Waals surface area contributed by atoms with Crippen molar-refractivity contribution >= 4 is 32.9 Å². The predicted molar refractivity (Wildman–Crippen MR) is 96.5 cm³/mol. The number of allylic oxidation sites excluding steroid dienone is 1. The first kappa shape index (κ1) is 15.9. The molecule has 0 saturated carbocycles. The number of hydrogen-bond donors (Lipinski definition) is 3. The van der Waals surface area contributed by atoms with Gasteiger partial charge in [-0.2, -0.15) is 0 Å². The Kier molecular flexibility index (Phi) is 3.13. The van der Waals surface area contributed by atoms with Gasteiger partial charge in [-0.05, 0) is 29.8 Å². The van der Waals surface area contributed by atoms with Gasteiger partial charge in [0.25, 0.3) is 5.91 Å². The number of para-hydroxylation sites is 1. The van der Waals surface area contributed by atoms with Gasteiger partial charge in [-0.1, -0.05) is 32.0 Å². The van der Waals surface area contributed by atoms with E-state index in [-0.39, 0.29) is 10.8 Å². The van der Waals surface area contributed by atoms with Crippen LogP contribution in [0.2, 0.25) is 0 Å². The van der Waals surface area contributed by atoms with E-state index in [9.17, 15) is 13.2 Å². The number of benzene rings is 2. The van der Waals surface area contributed by atoms with Crippen molar-refractivity contribution in [2.45, 2.75) is 24.2 Å². The van der Waals surface area contributed by atoms with Crippen LogP contribution in [0.1, 0.15) is 25.0 Å². The van der Waals surface area contributed by atoms with Gasteiger partial charge in [0.1, 0.15) is 0 Å². The van der Waals surface area contributed by atoms with Gasteiger partial charge in [0.05, 0.1) is 10.5 Å². The Balaban J connectivity index is 1.94. The molecule has 6 nitrogen and oxygen atoms in total. The molecule has 4 rings (SSSR count).